The molecule has 1 nitrogen and oxygen atoms in total. The molecule has 0 fully saturated rings. The third-order valence-corrected chi connectivity index (χ3v) is 11.1. The van der Waals surface area contributed by atoms with Crippen LogP contribution >= 0.6 is 11.3 Å². The van der Waals surface area contributed by atoms with Crippen molar-refractivity contribution >= 4 is 45.6 Å². The molecule has 0 amide bonds. The van der Waals surface area contributed by atoms with Gasteiger partial charge in [-0.15, -0.1) is 11.3 Å². The van der Waals surface area contributed by atoms with Crippen LogP contribution < -0.4 is 5.19 Å². The largest absolute Gasteiger partial charge is 0.236 e. The number of fused-ring (bicyclic) bond motifs is 2. The van der Waals surface area contributed by atoms with E-state index in [0.29, 0.717) is 0 Å². The Balaban J connectivity index is 1.23. The first-order valence-corrected chi connectivity index (χ1v) is 18.5. The molecule has 0 bridgehead atoms. The number of hydrogen-bond acceptors (Lipinski definition) is 2. The molecule has 1 aromatic heterocycles. The Morgan fingerprint density at radius 2 is 1.05 bits per heavy atom. The van der Waals surface area contributed by atoms with Gasteiger partial charge in [0, 0.05) is 5.56 Å². The topological polar surface area (TPSA) is 12.9 Å². The van der Waals surface area contributed by atoms with E-state index in [1.807, 2.05) is 0 Å². The van der Waals surface area contributed by atoms with E-state index in [0.717, 1.165) is 10.5 Å². The lowest BCUT2D eigenvalue weighted by atomic mass is 9.93. The summed E-state index contributed by atoms with van der Waals surface area (Å²) in [7, 11) is -1.29. The zero-order valence-corrected chi connectivity index (χ0v) is 25.4. The lowest BCUT2D eigenvalue weighted by Gasteiger charge is -2.17. The Morgan fingerprint density at radius 1 is 0.488 bits per heavy atom. The first-order valence-electron chi connectivity index (χ1n) is 14.1. The fraction of sp³-hybridized carbons (Fsp3) is 0.0789. The molecule has 1 heterocycles. The molecule has 7 rings (SSSR count). The number of hydrogen-bond donors (Lipinski definition) is 0. The third kappa shape index (κ3) is 4.92. The van der Waals surface area contributed by atoms with Crippen LogP contribution in [0.2, 0.25) is 19.6 Å². The summed E-state index contributed by atoms with van der Waals surface area (Å²) in [5, 5.41) is 5.05. The van der Waals surface area contributed by atoms with Gasteiger partial charge in [-0.25, -0.2) is 4.98 Å². The number of rotatable bonds is 5. The van der Waals surface area contributed by atoms with Crippen LogP contribution in [-0.2, 0) is 0 Å². The number of benzene rings is 6. The first kappa shape index (κ1) is 25.6. The monoisotopic (exact) mass is 561 g/mol. The second kappa shape index (κ2) is 10.3. The van der Waals surface area contributed by atoms with Crippen LogP contribution in [0.25, 0.3) is 64.9 Å². The molecule has 0 unspecified atom stereocenters. The summed E-state index contributed by atoms with van der Waals surface area (Å²) in [6.45, 7) is 7.18. The molecule has 0 spiro atoms. The summed E-state index contributed by atoms with van der Waals surface area (Å²) in [5.41, 5.74) is 9.69. The predicted octanol–water partition coefficient (Wildman–Crippen LogP) is 10.7. The van der Waals surface area contributed by atoms with Crippen LogP contribution in [0.5, 0.6) is 0 Å². The molecule has 0 aliphatic heterocycles. The predicted molar refractivity (Wildman–Crippen MR) is 182 cm³/mol. The molecule has 0 aliphatic rings. The van der Waals surface area contributed by atoms with Crippen molar-refractivity contribution in [2.75, 3.05) is 0 Å². The van der Waals surface area contributed by atoms with Gasteiger partial charge < -0.3 is 0 Å². The second-order valence-electron chi connectivity index (χ2n) is 11.7. The van der Waals surface area contributed by atoms with Crippen LogP contribution in [0.3, 0.4) is 0 Å². The van der Waals surface area contributed by atoms with E-state index < -0.39 is 8.07 Å². The van der Waals surface area contributed by atoms with Crippen molar-refractivity contribution < 1.29 is 0 Å². The summed E-state index contributed by atoms with van der Waals surface area (Å²) < 4.78 is 1.22. The number of para-hydroxylation sites is 1. The van der Waals surface area contributed by atoms with E-state index in [2.05, 4.69) is 153 Å². The lowest BCUT2D eigenvalue weighted by molar-refractivity contribution is 1.49. The molecule has 0 saturated heterocycles. The van der Waals surface area contributed by atoms with Crippen LogP contribution in [0.4, 0.5) is 0 Å². The maximum atomic E-state index is 4.95. The SMILES string of the molecule is C[Si](C)(C)c1ccc(-c2ccc(-c3cccc(-c4ccc(-c5nc6ccccc6s5)c5ccccc45)c3)cc2)cc1. The van der Waals surface area contributed by atoms with Crippen molar-refractivity contribution in [3.8, 4) is 44.0 Å². The molecule has 0 saturated carbocycles. The van der Waals surface area contributed by atoms with Gasteiger partial charge in [-0.1, -0.05) is 140 Å². The first-order chi connectivity index (χ1) is 19.9. The molecular formula is C38H31NSSi. The summed E-state index contributed by atoms with van der Waals surface area (Å²) in [6.07, 6.45) is 0. The lowest BCUT2D eigenvalue weighted by Crippen LogP contribution is -2.37. The van der Waals surface area contributed by atoms with Gasteiger partial charge in [0.25, 0.3) is 0 Å². The zero-order chi connectivity index (χ0) is 28.0. The van der Waals surface area contributed by atoms with Crippen LogP contribution in [0.15, 0.2) is 133 Å². The fourth-order valence-corrected chi connectivity index (χ4v) is 7.78. The van der Waals surface area contributed by atoms with Crippen LogP contribution in [0.1, 0.15) is 0 Å². The number of nitrogens with zero attached hydrogens (tertiary/aromatic N) is 1. The highest BCUT2D eigenvalue weighted by Gasteiger charge is 2.16. The summed E-state index contributed by atoms with van der Waals surface area (Å²) in [6, 6.07) is 48.6. The minimum Gasteiger partial charge on any atom is -0.236 e. The second-order valence-corrected chi connectivity index (χ2v) is 17.8. The quantitative estimate of drug-likeness (QED) is 0.190. The molecule has 7 aromatic rings. The minimum absolute atomic E-state index is 1.06. The summed E-state index contributed by atoms with van der Waals surface area (Å²) in [5.74, 6) is 0. The van der Waals surface area contributed by atoms with E-state index in [-0.39, 0.29) is 0 Å². The Bertz CT molecular complexity index is 1980. The van der Waals surface area contributed by atoms with Crippen molar-refractivity contribution in [2.24, 2.45) is 0 Å². The van der Waals surface area contributed by atoms with E-state index in [9.17, 15) is 0 Å². The van der Waals surface area contributed by atoms with Gasteiger partial charge in [0.1, 0.15) is 5.01 Å². The van der Waals surface area contributed by atoms with Crippen molar-refractivity contribution in [2.45, 2.75) is 19.6 Å². The summed E-state index contributed by atoms with van der Waals surface area (Å²) >= 11 is 1.76. The highest BCUT2D eigenvalue weighted by atomic mass is 32.1. The maximum Gasteiger partial charge on any atom is 0.125 e. The molecule has 0 atom stereocenters. The van der Waals surface area contributed by atoms with Crippen molar-refractivity contribution in [3.63, 3.8) is 0 Å². The molecule has 6 aromatic carbocycles. The highest BCUT2D eigenvalue weighted by molar-refractivity contribution is 7.21. The Hall–Kier alpha value is -4.31. The van der Waals surface area contributed by atoms with Crippen molar-refractivity contribution in [3.05, 3.63) is 133 Å². The van der Waals surface area contributed by atoms with Gasteiger partial charge in [-0.2, -0.15) is 0 Å². The van der Waals surface area contributed by atoms with Gasteiger partial charge in [0.05, 0.1) is 18.3 Å². The Kier molecular flexibility index (Phi) is 6.42. The number of thiazole rings is 1. The van der Waals surface area contributed by atoms with E-state index in [1.165, 1.54) is 59.6 Å². The average molecular weight is 562 g/mol. The van der Waals surface area contributed by atoms with Gasteiger partial charge in [-0.3, -0.25) is 0 Å². The van der Waals surface area contributed by atoms with Crippen molar-refractivity contribution in [1.29, 1.82) is 0 Å². The normalized spacial score (nSPS) is 11.8. The minimum atomic E-state index is -1.29. The molecule has 0 radical (unpaired) electrons. The van der Waals surface area contributed by atoms with Crippen LogP contribution in [-0.4, -0.2) is 13.1 Å². The Morgan fingerprint density at radius 3 is 1.73 bits per heavy atom. The standard InChI is InChI=1S/C38H31NSSi/c1-41(2,3)31-21-19-27(20-22-31)26-15-17-28(18-16-26)29-9-8-10-30(25-29)32-23-24-35(34-12-5-4-11-33(32)34)38-39-36-13-6-7-14-37(36)40-38/h4-25H,1-3H3. The average Bonchev–Trinajstić information content (AvgIpc) is 3.44. The number of aromatic nitrogens is 1. The molecule has 41 heavy (non-hydrogen) atoms. The van der Waals surface area contributed by atoms with Gasteiger partial charge in [0.15, 0.2) is 0 Å². The zero-order valence-electron chi connectivity index (χ0n) is 23.6. The highest BCUT2D eigenvalue weighted by Crippen LogP contribution is 2.39. The molecular weight excluding hydrogens is 531 g/mol. The fourth-order valence-electron chi connectivity index (χ4n) is 5.61. The van der Waals surface area contributed by atoms with Crippen LogP contribution in [0, 0.1) is 0 Å². The van der Waals surface area contributed by atoms with Gasteiger partial charge in [-0.05, 0) is 62.4 Å². The van der Waals surface area contributed by atoms with Gasteiger partial charge in [0.2, 0.25) is 0 Å². The molecule has 0 aliphatic carbocycles. The summed E-state index contributed by atoms with van der Waals surface area (Å²) in [4.78, 5) is 4.95. The van der Waals surface area contributed by atoms with Gasteiger partial charge >= 0.3 is 0 Å². The third-order valence-electron chi connectivity index (χ3n) is 7.92. The Labute approximate surface area is 246 Å². The van der Waals surface area contributed by atoms with E-state index in [4.69, 9.17) is 4.98 Å². The smallest absolute Gasteiger partial charge is 0.125 e. The maximum absolute atomic E-state index is 4.95. The van der Waals surface area contributed by atoms with E-state index in [1.54, 1.807) is 11.3 Å². The molecule has 198 valence electrons. The molecule has 0 N–H and O–H groups in total. The molecule has 3 heteroatoms. The van der Waals surface area contributed by atoms with E-state index >= 15 is 0 Å². The van der Waals surface area contributed by atoms with Crippen molar-refractivity contribution in [1.82, 2.24) is 4.98 Å².